The van der Waals surface area contributed by atoms with E-state index in [1.54, 1.807) is 0 Å². The summed E-state index contributed by atoms with van der Waals surface area (Å²) in [6.45, 7) is 12.0. The highest BCUT2D eigenvalue weighted by Crippen LogP contribution is 2.37. The summed E-state index contributed by atoms with van der Waals surface area (Å²) in [5.74, 6) is 0.575. The van der Waals surface area contributed by atoms with E-state index in [0.29, 0.717) is 17.4 Å². The average Bonchev–Trinajstić information content (AvgIpc) is 2.61. The maximum absolute atomic E-state index is 12.3. The lowest BCUT2D eigenvalue weighted by atomic mass is 9.75. The van der Waals surface area contributed by atoms with Crippen LogP contribution in [0.1, 0.15) is 73.1 Å². The van der Waals surface area contributed by atoms with E-state index in [1.165, 1.54) is 12.0 Å². The molecule has 2 unspecified atom stereocenters. The largest absolute Gasteiger partial charge is 0.444 e. The first-order chi connectivity index (χ1) is 13.0. The number of hydrogen-bond donors (Lipinski definition) is 2. The van der Waals surface area contributed by atoms with Crippen molar-refractivity contribution in [2.75, 3.05) is 13.1 Å². The Morgan fingerprint density at radius 3 is 2.50 bits per heavy atom. The molecule has 158 valence electrons. The van der Waals surface area contributed by atoms with Gasteiger partial charge in [-0.1, -0.05) is 31.6 Å². The highest BCUT2D eigenvalue weighted by atomic mass is 16.6. The SMILES string of the molecule is CC1(C)CC=C(C2NC(C3CCN(C(=O)OC(C)(C)C)CC3)CC=C2N)CC1. The van der Waals surface area contributed by atoms with Gasteiger partial charge in [-0.3, -0.25) is 0 Å². The summed E-state index contributed by atoms with van der Waals surface area (Å²) in [5, 5.41) is 3.86. The Balaban J connectivity index is 1.56. The van der Waals surface area contributed by atoms with Crippen molar-refractivity contribution in [2.24, 2.45) is 17.1 Å². The molecule has 3 aliphatic rings. The first kappa shape index (κ1) is 21.2. The zero-order valence-electron chi connectivity index (χ0n) is 18.4. The van der Waals surface area contributed by atoms with Crippen LogP contribution in [-0.2, 0) is 4.74 Å². The maximum atomic E-state index is 12.3. The smallest absolute Gasteiger partial charge is 0.410 e. The van der Waals surface area contributed by atoms with Crippen molar-refractivity contribution in [1.82, 2.24) is 10.2 Å². The third-order valence-electron chi connectivity index (χ3n) is 6.46. The van der Waals surface area contributed by atoms with Gasteiger partial charge in [-0.05, 0) is 70.6 Å². The molecule has 5 nitrogen and oxygen atoms in total. The fraction of sp³-hybridized carbons (Fsp3) is 0.783. The Morgan fingerprint density at radius 2 is 1.93 bits per heavy atom. The van der Waals surface area contributed by atoms with Gasteiger partial charge in [-0.25, -0.2) is 4.79 Å². The summed E-state index contributed by atoms with van der Waals surface area (Å²) < 4.78 is 5.52. The van der Waals surface area contributed by atoms with Gasteiger partial charge in [0, 0.05) is 24.8 Å². The van der Waals surface area contributed by atoms with Crippen LogP contribution in [0.15, 0.2) is 23.4 Å². The number of rotatable bonds is 2. The number of nitrogens with one attached hydrogen (secondary N) is 1. The number of nitrogens with zero attached hydrogens (tertiary/aromatic N) is 1. The lowest BCUT2D eigenvalue weighted by molar-refractivity contribution is 0.0167. The second-order valence-corrected chi connectivity index (χ2v) is 10.6. The maximum Gasteiger partial charge on any atom is 0.410 e. The highest BCUT2D eigenvalue weighted by molar-refractivity contribution is 5.68. The van der Waals surface area contributed by atoms with Crippen LogP contribution in [0.2, 0.25) is 0 Å². The summed E-state index contributed by atoms with van der Waals surface area (Å²) >= 11 is 0. The van der Waals surface area contributed by atoms with E-state index in [9.17, 15) is 4.79 Å². The van der Waals surface area contributed by atoms with E-state index >= 15 is 0 Å². The molecular weight excluding hydrogens is 350 g/mol. The molecule has 0 aromatic heterocycles. The van der Waals surface area contributed by atoms with Crippen molar-refractivity contribution in [3.05, 3.63) is 23.4 Å². The lowest BCUT2D eigenvalue weighted by Crippen LogP contribution is -2.52. The van der Waals surface area contributed by atoms with Crippen LogP contribution in [0.3, 0.4) is 0 Å². The standard InChI is InChI=1S/C23H39N3O2/c1-22(2,3)28-21(27)26-14-10-16(11-15-26)19-7-6-18(24)20(25-19)17-8-12-23(4,5)13-9-17/h6,8,16,19-20,25H,7,9-15,24H2,1-5H3. The number of amides is 1. The normalized spacial score (nSPS) is 29.1. The zero-order valence-corrected chi connectivity index (χ0v) is 18.4. The number of piperidine rings is 1. The van der Waals surface area contributed by atoms with Crippen LogP contribution in [0, 0.1) is 11.3 Å². The van der Waals surface area contributed by atoms with Gasteiger partial charge in [0.2, 0.25) is 0 Å². The van der Waals surface area contributed by atoms with E-state index in [4.69, 9.17) is 10.5 Å². The predicted molar refractivity (Wildman–Crippen MR) is 114 cm³/mol. The molecule has 2 aliphatic heterocycles. The van der Waals surface area contributed by atoms with E-state index in [2.05, 4.69) is 31.3 Å². The molecule has 0 saturated carbocycles. The van der Waals surface area contributed by atoms with E-state index in [-0.39, 0.29) is 12.1 Å². The first-order valence-electron chi connectivity index (χ1n) is 10.9. The van der Waals surface area contributed by atoms with Gasteiger partial charge in [0.05, 0.1) is 6.04 Å². The molecule has 0 bridgehead atoms. The van der Waals surface area contributed by atoms with Gasteiger partial charge in [0.25, 0.3) is 0 Å². The van der Waals surface area contributed by atoms with Gasteiger partial charge in [-0.2, -0.15) is 0 Å². The summed E-state index contributed by atoms with van der Waals surface area (Å²) in [7, 11) is 0. The molecule has 0 spiro atoms. The third-order valence-corrected chi connectivity index (χ3v) is 6.46. The van der Waals surface area contributed by atoms with Crippen molar-refractivity contribution in [3.63, 3.8) is 0 Å². The fourth-order valence-corrected chi connectivity index (χ4v) is 4.58. The molecule has 2 atom stereocenters. The second-order valence-electron chi connectivity index (χ2n) is 10.6. The third kappa shape index (κ3) is 5.31. The van der Waals surface area contributed by atoms with Crippen molar-refractivity contribution < 1.29 is 9.53 Å². The Bertz CT molecular complexity index is 637. The number of carbonyl (C=O) groups excluding carboxylic acids is 1. The number of nitrogens with two attached hydrogens (primary N) is 1. The number of ether oxygens (including phenoxy) is 1. The molecule has 5 heteroatoms. The minimum atomic E-state index is -0.434. The monoisotopic (exact) mass is 389 g/mol. The first-order valence-corrected chi connectivity index (χ1v) is 10.9. The number of hydrogen-bond acceptors (Lipinski definition) is 4. The average molecular weight is 390 g/mol. The molecule has 0 aromatic rings. The van der Waals surface area contributed by atoms with Crippen LogP contribution in [-0.4, -0.2) is 41.8 Å². The molecule has 2 heterocycles. The molecule has 1 amide bonds. The zero-order chi connectivity index (χ0) is 20.5. The topological polar surface area (TPSA) is 67.6 Å². The fourth-order valence-electron chi connectivity index (χ4n) is 4.58. The Morgan fingerprint density at radius 1 is 1.25 bits per heavy atom. The summed E-state index contributed by atoms with van der Waals surface area (Å²) in [6.07, 6.45) is 11.0. The van der Waals surface area contributed by atoms with Crippen molar-refractivity contribution in [1.29, 1.82) is 0 Å². The van der Waals surface area contributed by atoms with Crippen LogP contribution < -0.4 is 11.1 Å². The molecule has 1 saturated heterocycles. The molecule has 0 radical (unpaired) electrons. The van der Waals surface area contributed by atoms with Crippen molar-refractivity contribution in [3.8, 4) is 0 Å². The Hall–Kier alpha value is -1.49. The molecule has 1 fully saturated rings. The van der Waals surface area contributed by atoms with Gasteiger partial charge in [-0.15, -0.1) is 0 Å². The van der Waals surface area contributed by atoms with Crippen LogP contribution in [0.5, 0.6) is 0 Å². The van der Waals surface area contributed by atoms with Gasteiger partial charge in [0.1, 0.15) is 5.60 Å². The number of likely N-dealkylation sites (tertiary alicyclic amines) is 1. The number of allylic oxidation sites excluding steroid dienone is 1. The lowest BCUT2D eigenvalue weighted by Gasteiger charge is -2.41. The minimum absolute atomic E-state index is 0.181. The Labute approximate surface area is 170 Å². The quantitative estimate of drug-likeness (QED) is 0.689. The van der Waals surface area contributed by atoms with Gasteiger partial charge >= 0.3 is 6.09 Å². The highest BCUT2D eigenvalue weighted by Gasteiger charge is 2.35. The van der Waals surface area contributed by atoms with E-state index < -0.39 is 5.60 Å². The summed E-state index contributed by atoms with van der Waals surface area (Å²) in [5.41, 5.74) is 8.79. The van der Waals surface area contributed by atoms with E-state index in [1.807, 2.05) is 25.7 Å². The molecule has 1 aliphatic carbocycles. The van der Waals surface area contributed by atoms with Crippen LogP contribution in [0.25, 0.3) is 0 Å². The van der Waals surface area contributed by atoms with Gasteiger partial charge < -0.3 is 20.7 Å². The summed E-state index contributed by atoms with van der Waals surface area (Å²) in [4.78, 5) is 14.2. The molecule has 28 heavy (non-hydrogen) atoms. The van der Waals surface area contributed by atoms with Crippen LogP contribution >= 0.6 is 0 Å². The molecule has 3 N–H and O–H groups in total. The summed E-state index contributed by atoms with van der Waals surface area (Å²) in [6, 6.07) is 0.632. The molecule has 0 aromatic carbocycles. The van der Waals surface area contributed by atoms with Gasteiger partial charge in [0.15, 0.2) is 0 Å². The molecular formula is C23H39N3O2. The van der Waals surface area contributed by atoms with Crippen LogP contribution in [0.4, 0.5) is 4.79 Å². The van der Waals surface area contributed by atoms with E-state index in [0.717, 1.165) is 50.9 Å². The number of carbonyl (C=O) groups is 1. The molecule has 3 rings (SSSR count). The minimum Gasteiger partial charge on any atom is -0.444 e. The Kier molecular flexibility index (Phi) is 6.14. The predicted octanol–water partition coefficient (Wildman–Crippen LogP) is 4.34. The second kappa shape index (κ2) is 8.10. The van der Waals surface area contributed by atoms with Crippen molar-refractivity contribution in [2.45, 2.75) is 90.8 Å². The van der Waals surface area contributed by atoms with Crippen molar-refractivity contribution >= 4 is 6.09 Å².